The summed E-state index contributed by atoms with van der Waals surface area (Å²) >= 11 is 0. The Morgan fingerprint density at radius 1 is 0.829 bits per heavy atom. The van der Waals surface area contributed by atoms with Crippen LogP contribution in [0.1, 0.15) is 30.9 Å². The minimum Gasteiger partial charge on any atom is -0.480 e. The van der Waals surface area contributed by atoms with E-state index in [1.807, 2.05) is 54.7 Å². The fraction of sp³-hybridized carbons (Fsp3) is 0.333. The fourth-order valence-corrected chi connectivity index (χ4v) is 5.31. The minimum atomic E-state index is -1.20. The van der Waals surface area contributed by atoms with Crippen molar-refractivity contribution in [1.82, 2.24) is 31.2 Å². The number of nitrogens with one attached hydrogen (secondary N) is 6. The molecule has 4 atom stereocenters. The molecule has 11 nitrogen and oxygen atoms in total. The molecule has 2 aromatic heterocycles. The first-order valence-corrected chi connectivity index (χ1v) is 13.8. The summed E-state index contributed by atoms with van der Waals surface area (Å²) in [5, 5.41) is 22.8. The third-order valence-corrected chi connectivity index (χ3v) is 7.57. The van der Waals surface area contributed by atoms with Gasteiger partial charge in [-0.05, 0) is 49.6 Å². The average molecular weight is 559 g/mol. The quantitative estimate of drug-likeness (QED) is 0.148. The molecule has 11 heteroatoms. The van der Waals surface area contributed by atoms with Gasteiger partial charge in [0.1, 0.15) is 18.1 Å². The Morgan fingerprint density at radius 3 is 1.98 bits per heavy atom. The number of amides is 3. The number of aromatic nitrogens is 2. The molecule has 1 fully saturated rings. The smallest absolute Gasteiger partial charge is 0.326 e. The molecule has 7 N–H and O–H groups in total. The number of H-pyrrole nitrogens is 2. The van der Waals surface area contributed by atoms with Gasteiger partial charge in [-0.3, -0.25) is 14.4 Å². The van der Waals surface area contributed by atoms with E-state index in [1.54, 1.807) is 6.20 Å². The number of carboxylic acid groups (broad SMARTS) is 1. The van der Waals surface area contributed by atoms with Gasteiger partial charge in [-0.2, -0.15) is 0 Å². The lowest BCUT2D eigenvalue weighted by atomic mass is 10.0. The third kappa shape index (κ3) is 6.41. The zero-order valence-corrected chi connectivity index (χ0v) is 22.7. The zero-order chi connectivity index (χ0) is 28.9. The molecule has 5 rings (SSSR count). The topological polar surface area (TPSA) is 168 Å². The first-order valence-electron chi connectivity index (χ1n) is 13.8. The van der Waals surface area contributed by atoms with Gasteiger partial charge in [0, 0.05) is 47.0 Å². The molecule has 3 heterocycles. The second kappa shape index (κ2) is 12.3. The number of carboxylic acids is 1. The van der Waals surface area contributed by atoms with Crippen LogP contribution in [0.25, 0.3) is 21.8 Å². The van der Waals surface area contributed by atoms with Crippen LogP contribution in [0, 0.1) is 0 Å². The molecule has 0 bridgehead atoms. The molecule has 1 saturated heterocycles. The number of carbonyl (C=O) groups excluding carboxylic acids is 3. The third-order valence-electron chi connectivity index (χ3n) is 7.57. The number of aliphatic carboxylic acids is 1. The molecule has 4 aromatic rings. The van der Waals surface area contributed by atoms with Crippen LogP contribution >= 0.6 is 0 Å². The van der Waals surface area contributed by atoms with Crippen LogP contribution in [0.5, 0.6) is 0 Å². The maximum Gasteiger partial charge on any atom is 0.326 e. The van der Waals surface area contributed by atoms with Crippen molar-refractivity contribution in [2.24, 2.45) is 0 Å². The van der Waals surface area contributed by atoms with E-state index in [9.17, 15) is 24.3 Å². The van der Waals surface area contributed by atoms with Gasteiger partial charge in [0.25, 0.3) is 0 Å². The summed E-state index contributed by atoms with van der Waals surface area (Å²) in [7, 11) is 0. The van der Waals surface area contributed by atoms with Crippen LogP contribution in [0.2, 0.25) is 0 Å². The van der Waals surface area contributed by atoms with E-state index in [4.69, 9.17) is 0 Å². The molecule has 214 valence electrons. The number of fused-ring (bicyclic) bond motifs is 2. The number of para-hydroxylation sites is 2. The predicted molar refractivity (Wildman–Crippen MR) is 154 cm³/mol. The highest BCUT2D eigenvalue weighted by Crippen LogP contribution is 2.20. The second-order valence-electron chi connectivity index (χ2n) is 10.5. The van der Waals surface area contributed by atoms with Gasteiger partial charge in [0.15, 0.2) is 0 Å². The van der Waals surface area contributed by atoms with Gasteiger partial charge < -0.3 is 36.3 Å². The molecule has 4 unspecified atom stereocenters. The number of hydrogen-bond acceptors (Lipinski definition) is 5. The number of benzene rings is 2. The first kappa shape index (κ1) is 27.9. The molecule has 0 aliphatic carbocycles. The van der Waals surface area contributed by atoms with Crippen LogP contribution < -0.4 is 21.3 Å². The molecule has 3 amide bonds. The van der Waals surface area contributed by atoms with Crippen LogP contribution in [0.15, 0.2) is 60.9 Å². The Morgan fingerprint density at radius 2 is 1.41 bits per heavy atom. The summed E-state index contributed by atoms with van der Waals surface area (Å²) in [5.41, 5.74) is 3.39. The minimum absolute atomic E-state index is 0.0688. The van der Waals surface area contributed by atoms with Crippen molar-refractivity contribution in [3.8, 4) is 0 Å². The summed E-state index contributed by atoms with van der Waals surface area (Å²) in [4.78, 5) is 57.7. The van der Waals surface area contributed by atoms with Gasteiger partial charge in [-0.15, -0.1) is 0 Å². The van der Waals surface area contributed by atoms with E-state index in [-0.39, 0.29) is 24.8 Å². The van der Waals surface area contributed by atoms with Crippen molar-refractivity contribution in [3.63, 3.8) is 0 Å². The Kier molecular flexibility index (Phi) is 8.34. The molecule has 0 spiro atoms. The van der Waals surface area contributed by atoms with Crippen molar-refractivity contribution in [2.45, 2.75) is 56.8 Å². The molecule has 1 aliphatic rings. The van der Waals surface area contributed by atoms with Crippen LogP contribution in [-0.2, 0) is 32.0 Å². The first-order chi connectivity index (χ1) is 19.8. The maximum absolute atomic E-state index is 13.4. The molecule has 1 aliphatic heterocycles. The van der Waals surface area contributed by atoms with Crippen molar-refractivity contribution < 1.29 is 24.3 Å². The van der Waals surface area contributed by atoms with Gasteiger partial charge in [0.2, 0.25) is 17.7 Å². The summed E-state index contributed by atoms with van der Waals surface area (Å²) in [6.07, 6.45) is 5.37. The lowest BCUT2D eigenvalue weighted by molar-refractivity contribution is -0.142. The Bertz CT molecular complexity index is 1570. The fourth-order valence-electron chi connectivity index (χ4n) is 5.31. The molecule has 41 heavy (non-hydrogen) atoms. The van der Waals surface area contributed by atoms with E-state index in [0.29, 0.717) is 6.42 Å². The van der Waals surface area contributed by atoms with Crippen LogP contribution in [-0.4, -0.2) is 69.5 Å². The Balaban J connectivity index is 1.27. The number of aromatic amines is 2. The normalized spacial score (nSPS) is 17.1. The second-order valence-corrected chi connectivity index (χ2v) is 10.5. The summed E-state index contributed by atoms with van der Waals surface area (Å²) in [6.45, 7) is 2.22. The van der Waals surface area contributed by atoms with E-state index < -0.39 is 35.9 Å². The van der Waals surface area contributed by atoms with Gasteiger partial charge in [-0.25, -0.2) is 4.79 Å². The highest BCUT2D eigenvalue weighted by atomic mass is 16.4. The molecule has 2 aromatic carbocycles. The summed E-state index contributed by atoms with van der Waals surface area (Å²) in [6, 6.07) is 11.6. The van der Waals surface area contributed by atoms with Crippen LogP contribution in [0.4, 0.5) is 0 Å². The lowest BCUT2D eigenvalue weighted by Crippen LogP contribution is -2.57. The molecular weight excluding hydrogens is 524 g/mol. The average Bonchev–Trinajstić information content (AvgIpc) is 3.73. The highest BCUT2D eigenvalue weighted by molar-refractivity contribution is 5.95. The van der Waals surface area contributed by atoms with Crippen LogP contribution in [0.3, 0.4) is 0 Å². The van der Waals surface area contributed by atoms with Crippen molar-refractivity contribution in [2.75, 3.05) is 6.54 Å². The monoisotopic (exact) mass is 558 g/mol. The SMILES string of the molecule is CC(NC(=O)C(Cc1c[nH]c2ccccc12)NC(=O)C1CCCN1)C(=O)NC(Cc1c[nH]c2ccccc12)C(=O)O. The Labute approximate surface area is 236 Å². The summed E-state index contributed by atoms with van der Waals surface area (Å²) < 4.78 is 0. The highest BCUT2D eigenvalue weighted by Gasteiger charge is 2.31. The molecular formula is C30H34N6O5. The lowest BCUT2D eigenvalue weighted by Gasteiger charge is -2.23. The Hall–Kier alpha value is -4.64. The van der Waals surface area contributed by atoms with E-state index in [0.717, 1.165) is 45.9 Å². The van der Waals surface area contributed by atoms with Crippen molar-refractivity contribution in [3.05, 3.63) is 72.1 Å². The van der Waals surface area contributed by atoms with Crippen molar-refractivity contribution >= 4 is 45.5 Å². The van der Waals surface area contributed by atoms with E-state index >= 15 is 0 Å². The van der Waals surface area contributed by atoms with E-state index in [2.05, 4.69) is 31.2 Å². The molecule has 0 saturated carbocycles. The summed E-state index contributed by atoms with van der Waals surface area (Å²) in [5.74, 6) is -2.63. The van der Waals surface area contributed by atoms with Gasteiger partial charge in [-0.1, -0.05) is 36.4 Å². The number of rotatable bonds is 11. The zero-order valence-electron chi connectivity index (χ0n) is 22.7. The van der Waals surface area contributed by atoms with Gasteiger partial charge in [0.05, 0.1) is 6.04 Å². The van der Waals surface area contributed by atoms with E-state index in [1.165, 1.54) is 6.92 Å². The van der Waals surface area contributed by atoms with Crippen molar-refractivity contribution in [1.29, 1.82) is 0 Å². The predicted octanol–water partition coefficient (Wildman–Crippen LogP) is 1.75. The maximum atomic E-state index is 13.4. The molecule has 0 radical (unpaired) electrons. The standard InChI is InChI=1S/C30H34N6O5/c1-17(27(37)36-26(30(40)41)14-19-16-33-23-10-5-3-8-21(19)23)34-29(39)25(35-28(38)24-11-6-12-31-24)13-18-15-32-22-9-4-2-7-20(18)22/h2-5,7-10,15-17,24-26,31-33H,6,11-14H2,1H3,(H,34,39)(H,35,38)(H,36,37)(H,40,41). The number of hydrogen-bond donors (Lipinski definition) is 7. The number of carbonyl (C=O) groups is 4. The largest absolute Gasteiger partial charge is 0.480 e. The van der Waals surface area contributed by atoms with Gasteiger partial charge >= 0.3 is 5.97 Å².